The van der Waals surface area contributed by atoms with Gasteiger partial charge in [-0.05, 0) is 51.5 Å². The quantitative estimate of drug-likeness (QED) is 0.356. The Labute approximate surface area is 200 Å². The lowest BCUT2D eigenvalue weighted by Crippen LogP contribution is -2.30. The van der Waals surface area contributed by atoms with Gasteiger partial charge >= 0.3 is 18.3 Å². The van der Waals surface area contributed by atoms with Gasteiger partial charge < -0.3 is 15.0 Å². The van der Waals surface area contributed by atoms with Crippen molar-refractivity contribution in [2.45, 2.75) is 40.0 Å². The monoisotopic (exact) mass is 524 g/mol. The van der Waals surface area contributed by atoms with Gasteiger partial charge in [0.05, 0.1) is 28.2 Å². The Morgan fingerprint density at radius 1 is 0.943 bits per heavy atom. The van der Waals surface area contributed by atoms with Gasteiger partial charge in [-0.2, -0.15) is 26.3 Å². The molecule has 0 atom stereocenters. The Morgan fingerprint density at radius 3 is 1.89 bits per heavy atom. The third kappa shape index (κ3) is 6.32. The van der Waals surface area contributed by atoms with Gasteiger partial charge in [-0.15, -0.1) is 11.3 Å². The molecule has 0 aliphatic carbocycles. The number of ether oxygens (including phenoxy) is 1. The number of carbonyl (C=O) groups is 3. The molecule has 1 aromatic heterocycles. The maximum atomic E-state index is 13.2. The minimum Gasteiger partial charge on any atom is -0.462 e. The standard InChI is InChI=1S/C22H22F6N2O4S/c1-5-30(6-2)19(32)16-11(4)15(20(33)34-7-3)18(35-16)29-17(31)12-8-13(21(23,24)25)10-14(9-12)22(26,27)28/h8-10H,5-7H2,1-4H3,(H,29,31). The van der Waals surface area contributed by atoms with E-state index < -0.39 is 46.8 Å². The summed E-state index contributed by atoms with van der Waals surface area (Å²) < 4.78 is 84.0. The molecule has 0 aliphatic heterocycles. The highest BCUT2D eigenvalue weighted by atomic mass is 32.1. The molecular formula is C22H22F6N2O4S. The summed E-state index contributed by atoms with van der Waals surface area (Å²) >= 11 is 0.682. The van der Waals surface area contributed by atoms with Crippen LogP contribution in [-0.4, -0.2) is 42.4 Å². The van der Waals surface area contributed by atoms with Crippen LogP contribution in [0.25, 0.3) is 0 Å². The molecule has 6 nitrogen and oxygen atoms in total. The number of carbonyl (C=O) groups excluding carboxylic acids is 3. The van der Waals surface area contributed by atoms with Gasteiger partial charge in [0.1, 0.15) is 5.00 Å². The first-order valence-corrected chi connectivity index (χ1v) is 11.2. The van der Waals surface area contributed by atoms with Gasteiger partial charge in [-0.3, -0.25) is 9.59 Å². The summed E-state index contributed by atoms with van der Waals surface area (Å²) in [5.74, 6) is -2.69. The molecule has 192 valence electrons. The first-order valence-electron chi connectivity index (χ1n) is 10.4. The fraction of sp³-hybridized carbons (Fsp3) is 0.409. The van der Waals surface area contributed by atoms with E-state index >= 15 is 0 Å². The SMILES string of the molecule is CCOC(=O)c1c(NC(=O)c2cc(C(F)(F)F)cc(C(F)(F)F)c2)sc(C(=O)N(CC)CC)c1C. The second-order valence-electron chi connectivity index (χ2n) is 7.21. The van der Waals surface area contributed by atoms with Crippen LogP contribution in [0.3, 0.4) is 0 Å². The number of alkyl halides is 6. The molecule has 2 aromatic rings. The molecule has 0 spiro atoms. The van der Waals surface area contributed by atoms with E-state index in [1.54, 1.807) is 13.8 Å². The molecule has 0 bridgehead atoms. The van der Waals surface area contributed by atoms with Crippen LogP contribution >= 0.6 is 11.3 Å². The lowest BCUT2D eigenvalue weighted by atomic mass is 10.0. The largest absolute Gasteiger partial charge is 0.462 e. The van der Waals surface area contributed by atoms with E-state index in [0.29, 0.717) is 24.4 Å². The zero-order valence-electron chi connectivity index (χ0n) is 19.1. The number of thiophene rings is 1. The van der Waals surface area contributed by atoms with E-state index in [1.165, 1.54) is 18.7 Å². The van der Waals surface area contributed by atoms with Crippen molar-refractivity contribution < 1.29 is 45.5 Å². The van der Waals surface area contributed by atoms with Crippen molar-refractivity contribution in [2.24, 2.45) is 0 Å². The van der Waals surface area contributed by atoms with Gasteiger partial charge in [-0.1, -0.05) is 0 Å². The van der Waals surface area contributed by atoms with Crippen molar-refractivity contribution >= 4 is 34.1 Å². The topological polar surface area (TPSA) is 75.7 Å². The van der Waals surface area contributed by atoms with Crippen molar-refractivity contribution in [2.75, 3.05) is 25.0 Å². The third-order valence-electron chi connectivity index (χ3n) is 4.95. The second-order valence-corrected chi connectivity index (χ2v) is 8.23. The maximum Gasteiger partial charge on any atom is 0.416 e. The molecule has 0 saturated heterocycles. The van der Waals surface area contributed by atoms with E-state index in [9.17, 15) is 40.7 Å². The van der Waals surface area contributed by atoms with Crippen LogP contribution in [0.2, 0.25) is 0 Å². The van der Waals surface area contributed by atoms with E-state index in [4.69, 9.17) is 4.74 Å². The highest BCUT2D eigenvalue weighted by Crippen LogP contribution is 2.38. The van der Waals surface area contributed by atoms with Crippen molar-refractivity contribution in [1.29, 1.82) is 0 Å². The lowest BCUT2D eigenvalue weighted by Gasteiger charge is -2.18. The van der Waals surface area contributed by atoms with Gasteiger partial charge in [0, 0.05) is 18.7 Å². The minimum atomic E-state index is -5.14. The van der Waals surface area contributed by atoms with Crippen LogP contribution in [0.5, 0.6) is 0 Å². The van der Waals surface area contributed by atoms with Crippen molar-refractivity contribution in [3.63, 3.8) is 0 Å². The molecule has 1 aromatic carbocycles. The molecule has 0 fully saturated rings. The predicted octanol–water partition coefficient (Wildman–Crippen LogP) is 6.01. The number of halogens is 6. The molecule has 0 radical (unpaired) electrons. The lowest BCUT2D eigenvalue weighted by molar-refractivity contribution is -0.143. The van der Waals surface area contributed by atoms with Crippen LogP contribution < -0.4 is 5.32 Å². The molecule has 1 N–H and O–H groups in total. The van der Waals surface area contributed by atoms with Crippen LogP contribution in [-0.2, 0) is 17.1 Å². The molecule has 35 heavy (non-hydrogen) atoms. The zero-order chi connectivity index (χ0) is 26.7. The first-order chi connectivity index (χ1) is 16.1. The summed E-state index contributed by atoms with van der Waals surface area (Å²) in [5.41, 5.74) is -4.29. The van der Waals surface area contributed by atoms with Crippen LogP contribution in [0.1, 0.15) is 67.8 Å². The van der Waals surface area contributed by atoms with E-state index in [0.717, 1.165) is 0 Å². The summed E-state index contributed by atoms with van der Waals surface area (Å²) in [6.07, 6.45) is -10.3. The van der Waals surface area contributed by atoms with Crippen LogP contribution in [0.15, 0.2) is 18.2 Å². The fourth-order valence-corrected chi connectivity index (χ4v) is 4.33. The molecule has 1 heterocycles. The van der Waals surface area contributed by atoms with Gasteiger partial charge in [0.25, 0.3) is 11.8 Å². The number of hydrogen-bond donors (Lipinski definition) is 1. The van der Waals surface area contributed by atoms with E-state index in [-0.39, 0.29) is 45.8 Å². The smallest absolute Gasteiger partial charge is 0.416 e. The van der Waals surface area contributed by atoms with Gasteiger partial charge in [-0.25, -0.2) is 4.79 Å². The number of rotatable bonds is 7. The van der Waals surface area contributed by atoms with Gasteiger partial charge in [0.2, 0.25) is 0 Å². The average molecular weight is 524 g/mol. The third-order valence-corrected chi connectivity index (χ3v) is 6.14. The van der Waals surface area contributed by atoms with Crippen molar-refractivity contribution in [3.8, 4) is 0 Å². The number of hydrogen-bond acceptors (Lipinski definition) is 5. The summed E-state index contributed by atoms with van der Waals surface area (Å²) in [6, 6.07) is 0.449. The molecule has 2 rings (SSSR count). The summed E-state index contributed by atoms with van der Waals surface area (Å²) in [6.45, 7) is 7.03. The number of esters is 1. The summed E-state index contributed by atoms with van der Waals surface area (Å²) in [5, 5.41) is 1.96. The number of nitrogens with one attached hydrogen (secondary N) is 1. The Morgan fingerprint density at radius 2 is 1.46 bits per heavy atom. The van der Waals surface area contributed by atoms with Crippen molar-refractivity contribution in [1.82, 2.24) is 4.90 Å². The highest BCUT2D eigenvalue weighted by molar-refractivity contribution is 7.18. The Balaban J connectivity index is 2.60. The second kappa shape index (κ2) is 10.7. The number of anilines is 1. The average Bonchev–Trinajstić information content (AvgIpc) is 3.08. The fourth-order valence-electron chi connectivity index (χ4n) is 3.17. The molecule has 0 unspecified atom stereocenters. The molecular weight excluding hydrogens is 502 g/mol. The van der Waals surface area contributed by atoms with Crippen LogP contribution in [0, 0.1) is 6.92 Å². The Kier molecular flexibility index (Phi) is 8.58. The predicted molar refractivity (Wildman–Crippen MR) is 117 cm³/mol. The number of amides is 2. The molecule has 0 saturated carbocycles. The molecule has 13 heteroatoms. The number of nitrogens with zero attached hydrogens (tertiary/aromatic N) is 1. The maximum absolute atomic E-state index is 13.2. The summed E-state index contributed by atoms with van der Waals surface area (Å²) in [4.78, 5) is 39.7. The molecule has 0 aliphatic rings. The Hall–Kier alpha value is -3.09. The Bertz CT molecular complexity index is 1090. The molecule has 2 amide bonds. The highest BCUT2D eigenvalue weighted by Gasteiger charge is 2.38. The van der Waals surface area contributed by atoms with Crippen molar-refractivity contribution in [3.05, 3.63) is 50.9 Å². The van der Waals surface area contributed by atoms with E-state index in [2.05, 4.69) is 5.32 Å². The minimum absolute atomic E-state index is 0.0522. The first kappa shape index (κ1) is 28.1. The number of benzene rings is 1. The zero-order valence-corrected chi connectivity index (χ0v) is 19.9. The normalized spacial score (nSPS) is 11.8. The summed E-state index contributed by atoms with van der Waals surface area (Å²) in [7, 11) is 0. The van der Waals surface area contributed by atoms with Gasteiger partial charge in [0.15, 0.2) is 0 Å². The van der Waals surface area contributed by atoms with Crippen LogP contribution in [0.4, 0.5) is 31.3 Å². The van der Waals surface area contributed by atoms with E-state index in [1.807, 2.05) is 0 Å².